The molecule has 0 fully saturated rings. The Bertz CT molecular complexity index is 1240. The molecule has 158 valence electrons. The molecule has 4 aromatic rings. The molecular weight excluding hydrogens is 409 g/mol. The molecule has 0 aliphatic heterocycles. The molecule has 31 heavy (non-hydrogen) atoms. The van der Waals surface area contributed by atoms with Gasteiger partial charge in [-0.15, -0.1) is 0 Å². The van der Waals surface area contributed by atoms with E-state index in [4.69, 9.17) is 0 Å². The summed E-state index contributed by atoms with van der Waals surface area (Å²) in [6.07, 6.45) is 2.92. The molecule has 2 aromatic carbocycles. The Labute approximate surface area is 174 Å². The maximum atomic E-state index is 13.4. The van der Waals surface area contributed by atoms with Crippen molar-refractivity contribution >= 4 is 22.8 Å². The van der Waals surface area contributed by atoms with Crippen LogP contribution in [-0.4, -0.2) is 51.1 Å². The molecule has 0 atom stereocenters. The number of carbonyl (C=O) groups excluding carboxylic acids is 1. The van der Waals surface area contributed by atoms with Gasteiger partial charge < -0.3 is 10.2 Å². The van der Waals surface area contributed by atoms with Crippen LogP contribution in [-0.2, 0) is 0 Å². The van der Waals surface area contributed by atoms with Crippen LogP contribution in [0, 0.1) is 17.5 Å². The number of amides is 1. The van der Waals surface area contributed by atoms with Gasteiger partial charge in [0.1, 0.15) is 17.3 Å². The first-order chi connectivity index (χ1) is 14.9. The van der Waals surface area contributed by atoms with Crippen LogP contribution in [0.2, 0.25) is 0 Å². The van der Waals surface area contributed by atoms with Crippen molar-refractivity contribution < 1.29 is 18.0 Å². The van der Waals surface area contributed by atoms with E-state index in [0.717, 1.165) is 12.1 Å². The van der Waals surface area contributed by atoms with Gasteiger partial charge in [0.25, 0.3) is 5.91 Å². The monoisotopic (exact) mass is 426 g/mol. The molecule has 2 aromatic heterocycles. The lowest BCUT2D eigenvalue weighted by Gasteiger charge is -2.17. The lowest BCUT2D eigenvalue weighted by atomic mass is 10.1. The number of nitrogens with one attached hydrogen (secondary N) is 2. The Balaban J connectivity index is 1.40. The minimum Gasteiger partial charge on any atom is -0.367 e. The summed E-state index contributed by atoms with van der Waals surface area (Å²) in [5, 5.41) is 9.63. The summed E-state index contributed by atoms with van der Waals surface area (Å²) in [5.41, 5.74) is 1.98. The summed E-state index contributed by atoms with van der Waals surface area (Å²) in [7, 11) is 1.63. The first kappa shape index (κ1) is 20.3. The second-order valence-electron chi connectivity index (χ2n) is 6.83. The number of hydrogen-bond donors (Lipinski definition) is 2. The predicted molar refractivity (Wildman–Crippen MR) is 109 cm³/mol. The zero-order valence-corrected chi connectivity index (χ0v) is 16.4. The number of carbonyl (C=O) groups is 1. The molecule has 7 nitrogen and oxygen atoms in total. The van der Waals surface area contributed by atoms with Crippen LogP contribution < -0.4 is 5.32 Å². The smallest absolute Gasteiger partial charge is 0.272 e. The largest absolute Gasteiger partial charge is 0.367 e. The highest BCUT2D eigenvalue weighted by atomic mass is 19.2. The van der Waals surface area contributed by atoms with Crippen molar-refractivity contribution in [3.8, 4) is 11.1 Å². The van der Waals surface area contributed by atoms with E-state index >= 15 is 0 Å². The molecule has 0 radical (unpaired) electrons. The average molecular weight is 426 g/mol. The second-order valence-corrected chi connectivity index (χ2v) is 6.83. The molecule has 0 unspecified atom stereocenters. The topological polar surface area (TPSA) is 86.8 Å². The fraction of sp³-hybridized carbons (Fsp3) is 0.143. The second kappa shape index (κ2) is 8.42. The lowest BCUT2D eigenvalue weighted by molar-refractivity contribution is 0.0795. The fourth-order valence-corrected chi connectivity index (χ4v) is 3.03. The van der Waals surface area contributed by atoms with E-state index in [0.29, 0.717) is 30.0 Å². The summed E-state index contributed by atoms with van der Waals surface area (Å²) in [5.74, 6) is -2.27. The Kier molecular flexibility index (Phi) is 5.52. The third-order valence-electron chi connectivity index (χ3n) is 4.69. The minimum absolute atomic E-state index is 0.217. The minimum atomic E-state index is -0.999. The van der Waals surface area contributed by atoms with Crippen molar-refractivity contribution in [2.24, 2.45) is 0 Å². The van der Waals surface area contributed by atoms with Gasteiger partial charge in [-0.3, -0.25) is 14.9 Å². The molecule has 0 saturated heterocycles. The summed E-state index contributed by atoms with van der Waals surface area (Å²) in [4.78, 5) is 22.5. The Hall–Kier alpha value is -3.95. The summed E-state index contributed by atoms with van der Waals surface area (Å²) in [6, 6.07) is 7.74. The molecule has 0 aliphatic rings. The molecule has 1 amide bonds. The van der Waals surface area contributed by atoms with Gasteiger partial charge in [0.2, 0.25) is 0 Å². The van der Waals surface area contributed by atoms with Gasteiger partial charge in [-0.1, -0.05) is 12.1 Å². The van der Waals surface area contributed by atoms with Crippen LogP contribution in [0.15, 0.2) is 48.8 Å². The number of aromatic nitrogens is 4. The number of fused-ring (bicyclic) bond motifs is 1. The standard InChI is InChI=1S/C21H17F3N6O/c1-30(21(31)20-14(10-27-29-20)12-2-4-13(22)5-3-12)7-6-25-19-11-26-17-8-15(23)16(24)9-18(17)28-19/h2-5,8-11H,6-7H2,1H3,(H,25,28)(H,27,29). The lowest BCUT2D eigenvalue weighted by Crippen LogP contribution is -2.32. The van der Waals surface area contributed by atoms with Crippen LogP contribution in [0.3, 0.4) is 0 Å². The van der Waals surface area contributed by atoms with Crippen molar-refractivity contribution in [1.29, 1.82) is 0 Å². The fourth-order valence-electron chi connectivity index (χ4n) is 3.03. The van der Waals surface area contributed by atoms with Gasteiger partial charge in [-0.2, -0.15) is 5.10 Å². The highest BCUT2D eigenvalue weighted by molar-refractivity contribution is 5.98. The van der Waals surface area contributed by atoms with Crippen molar-refractivity contribution in [2.45, 2.75) is 0 Å². The SMILES string of the molecule is CN(CCNc1cnc2cc(F)c(F)cc2n1)C(=O)c1[nH]ncc1-c1ccc(F)cc1. The van der Waals surface area contributed by atoms with Crippen LogP contribution in [0.1, 0.15) is 10.5 Å². The highest BCUT2D eigenvalue weighted by Crippen LogP contribution is 2.23. The van der Waals surface area contributed by atoms with Gasteiger partial charge >= 0.3 is 0 Å². The van der Waals surface area contributed by atoms with Gasteiger partial charge in [0, 0.05) is 37.8 Å². The van der Waals surface area contributed by atoms with Crippen LogP contribution in [0.4, 0.5) is 19.0 Å². The molecule has 2 N–H and O–H groups in total. The van der Waals surface area contributed by atoms with Gasteiger partial charge in [0.05, 0.1) is 23.4 Å². The number of nitrogens with zero attached hydrogens (tertiary/aromatic N) is 4. The van der Waals surface area contributed by atoms with Crippen molar-refractivity contribution in [2.75, 3.05) is 25.5 Å². The Morgan fingerprint density at radius 3 is 2.52 bits per heavy atom. The third kappa shape index (κ3) is 4.32. The van der Waals surface area contributed by atoms with Crippen molar-refractivity contribution in [1.82, 2.24) is 25.1 Å². The molecular formula is C21H17F3N6O. The highest BCUT2D eigenvalue weighted by Gasteiger charge is 2.19. The van der Waals surface area contributed by atoms with Gasteiger partial charge in [-0.25, -0.2) is 18.2 Å². The molecule has 0 saturated carbocycles. The van der Waals surface area contributed by atoms with Gasteiger partial charge in [-0.05, 0) is 17.7 Å². The third-order valence-corrected chi connectivity index (χ3v) is 4.69. The maximum absolute atomic E-state index is 13.4. The zero-order chi connectivity index (χ0) is 22.0. The number of likely N-dealkylation sites (N-methyl/N-ethyl adjacent to an activating group) is 1. The van der Waals surface area contributed by atoms with E-state index in [-0.39, 0.29) is 28.5 Å². The number of aromatic amines is 1. The predicted octanol–water partition coefficient (Wildman–Crippen LogP) is 3.62. The van der Waals surface area contributed by atoms with Crippen LogP contribution in [0.5, 0.6) is 0 Å². The van der Waals surface area contributed by atoms with Crippen LogP contribution in [0.25, 0.3) is 22.2 Å². The number of rotatable bonds is 6. The zero-order valence-electron chi connectivity index (χ0n) is 16.4. The molecule has 2 heterocycles. The number of halogens is 3. The van der Waals surface area contributed by atoms with E-state index < -0.39 is 11.6 Å². The van der Waals surface area contributed by atoms with Crippen molar-refractivity contribution in [3.63, 3.8) is 0 Å². The normalized spacial score (nSPS) is 11.0. The quantitative estimate of drug-likeness (QED) is 0.492. The first-order valence-electron chi connectivity index (χ1n) is 9.33. The van der Waals surface area contributed by atoms with E-state index in [1.165, 1.54) is 29.4 Å². The van der Waals surface area contributed by atoms with Gasteiger partial charge in [0.15, 0.2) is 11.6 Å². The summed E-state index contributed by atoms with van der Waals surface area (Å²) < 4.78 is 39.8. The first-order valence-corrected chi connectivity index (χ1v) is 9.33. The number of hydrogen-bond acceptors (Lipinski definition) is 5. The number of H-pyrrole nitrogens is 1. The summed E-state index contributed by atoms with van der Waals surface area (Å²) in [6.45, 7) is 0.657. The maximum Gasteiger partial charge on any atom is 0.272 e. The molecule has 10 heteroatoms. The summed E-state index contributed by atoms with van der Waals surface area (Å²) >= 11 is 0. The van der Waals surface area contributed by atoms with E-state index in [2.05, 4.69) is 25.5 Å². The molecule has 0 spiro atoms. The number of benzene rings is 2. The van der Waals surface area contributed by atoms with Crippen molar-refractivity contribution in [3.05, 3.63) is 71.9 Å². The molecule has 4 rings (SSSR count). The Morgan fingerprint density at radius 2 is 1.77 bits per heavy atom. The molecule has 0 aliphatic carbocycles. The molecule has 0 bridgehead atoms. The number of anilines is 1. The van der Waals surface area contributed by atoms with E-state index in [1.54, 1.807) is 19.2 Å². The average Bonchev–Trinajstić information content (AvgIpc) is 3.24. The van der Waals surface area contributed by atoms with E-state index in [1.807, 2.05) is 0 Å². The Morgan fingerprint density at radius 1 is 1.06 bits per heavy atom. The van der Waals surface area contributed by atoms with E-state index in [9.17, 15) is 18.0 Å². The van der Waals surface area contributed by atoms with Crippen LogP contribution >= 0.6 is 0 Å².